The lowest BCUT2D eigenvalue weighted by atomic mass is 9.68. The minimum atomic E-state index is -0.593. The zero-order valence-electron chi connectivity index (χ0n) is 14.6. The first-order valence-corrected chi connectivity index (χ1v) is 9.01. The van der Waals surface area contributed by atoms with Crippen molar-refractivity contribution in [1.29, 1.82) is 5.26 Å². The highest BCUT2D eigenvalue weighted by atomic mass is 16.5. The van der Waals surface area contributed by atoms with Gasteiger partial charge >= 0.3 is 0 Å². The van der Waals surface area contributed by atoms with Crippen LogP contribution in [0.2, 0.25) is 0 Å². The monoisotopic (exact) mass is 341 g/mol. The second kappa shape index (κ2) is 6.03. The summed E-state index contributed by atoms with van der Waals surface area (Å²) >= 11 is 0. The molecule has 1 aromatic carbocycles. The molecule has 0 amide bonds. The third-order valence-electron chi connectivity index (χ3n) is 6.06. The number of methoxy groups -OCH3 is 1. The summed E-state index contributed by atoms with van der Waals surface area (Å²) in [6.07, 6.45) is 4.64. The predicted octanol–water partition coefficient (Wildman–Crippen LogP) is 3.08. The van der Waals surface area contributed by atoms with Crippen LogP contribution in [-0.4, -0.2) is 31.7 Å². The van der Waals surface area contributed by atoms with Crippen molar-refractivity contribution in [3.8, 4) is 17.6 Å². The Morgan fingerprint density at radius 1 is 1.16 bits per heavy atom. The van der Waals surface area contributed by atoms with Crippen LogP contribution >= 0.6 is 0 Å². The average molecular weight is 341 g/mol. The summed E-state index contributed by atoms with van der Waals surface area (Å²) in [6.45, 7) is 1.40. The van der Waals surface area contributed by atoms with E-state index in [1.165, 1.54) is 0 Å². The van der Waals surface area contributed by atoms with Gasteiger partial charge in [0, 0.05) is 37.7 Å². The maximum Gasteiger partial charge on any atom is 0.165 e. The summed E-state index contributed by atoms with van der Waals surface area (Å²) in [4.78, 5) is 11.7. The Bertz CT molecular complexity index is 733. The van der Waals surface area contributed by atoms with E-state index in [4.69, 9.17) is 14.2 Å². The molecule has 1 aliphatic carbocycles. The Morgan fingerprint density at radius 3 is 2.52 bits per heavy atom. The molecule has 0 aromatic heterocycles. The summed E-state index contributed by atoms with van der Waals surface area (Å²) in [5.41, 5.74) is 1.29. The van der Waals surface area contributed by atoms with Crippen molar-refractivity contribution in [2.45, 2.75) is 56.0 Å². The zero-order chi connectivity index (χ0) is 17.5. The first-order valence-electron chi connectivity index (χ1n) is 9.01. The van der Waals surface area contributed by atoms with E-state index in [1.807, 2.05) is 12.1 Å². The van der Waals surface area contributed by atoms with E-state index in [0.29, 0.717) is 38.9 Å². The van der Waals surface area contributed by atoms with Crippen LogP contribution in [0.25, 0.3) is 0 Å². The number of carbonyl (C=O) groups excluding carboxylic acids is 1. The van der Waals surface area contributed by atoms with E-state index in [1.54, 1.807) is 7.11 Å². The maximum atomic E-state index is 11.7. The topological polar surface area (TPSA) is 68.5 Å². The van der Waals surface area contributed by atoms with Gasteiger partial charge in [-0.3, -0.25) is 4.79 Å². The van der Waals surface area contributed by atoms with Crippen LogP contribution < -0.4 is 9.47 Å². The molecule has 3 aliphatic rings. The van der Waals surface area contributed by atoms with Crippen LogP contribution in [0.3, 0.4) is 0 Å². The molecule has 0 bridgehead atoms. The number of hydrogen-bond acceptors (Lipinski definition) is 5. The van der Waals surface area contributed by atoms with Gasteiger partial charge in [0.15, 0.2) is 11.5 Å². The van der Waals surface area contributed by atoms with Crippen LogP contribution in [0.4, 0.5) is 0 Å². The number of nitrogens with zero attached hydrogens (tertiary/aromatic N) is 1. The molecule has 4 rings (SSSR count). The lowest BCUT2D eigenvalue weighted by Crippen LogP contribution is -2.40. The quantitative estimate of drug-likeness (QED) is 0.827. The van der Waals surface area contributed by atoms with Crippen molar-refractivity contribution in [3.63, 3.8) is 0 Å². The number of fused-ring (bicyclic) bond motifs is 1. The number of Topliss-reactive ketones (excluding diaryl/α,β-unsaturated/α-hetero) is 1. The standard InChI is InChI=1S/C20H23NO4/c1-23-17-3-2-16(19(13-21)6-4-14(22)5-7-19)15-12-20(25-18(15)17)8-10-24-11-9-20/h2-3H,4-12H2,1H3. The molecular formula is C20H23NO4. The van der Waals surface area contributed by atoms with E-state index in [-0.39, 0.29) is 11.4 Å². The van der Waals surface area contributed by atoms with Crippen LogP contribution in [0.15, 0.2) is 12.1 Å². The molecule has 2 aliphatic heterocycles. The van der Waals surface area contributed by atoms with Crippen LogP contribution in [0, 0.1) is 11.3 Å². The Kier molecular flexibility index (Phi) is 3.96. The number of nitriles is 1. The zero-order valence-corrected chi connectivity index (χ0v) is 14.6. The molecule has 0 radical (unpaired) electrons. The SMILES string of the molecule is COc1ccc(C2(C#N)CCC(=O)CC2)c2c1OC1(CCOCC1)C2. The Labute approximate surface area is 147 Å². The summed E-state index contributed by atoms with van der Waals surface area (Å²) < 4.78 is 17.5. The third-order valence-corrected chi connectivity index (χ3v) is 6.06. The van der Waals surface area contributed by atoms with Crippen molar-refractivity contribution >= 4 is 5.78 Å². The molecule has 1 spiro atoms. The van der Waals surface area contributed by atoms with Crippen LogP contribution in [0.5, 0.6) is 11.5 Å². The van der Waals surface area contributed by atoms with Crippen LogP contribution in [-0.2, 0) is 21.4 Å². The number of ketones is 1. The molecule has 132 valence electrons. The van der Waals surface area contributed by atoms with E-state index < -0.39 is 5.41 Å². The Balaban J connectivity index is 1.78. The number of carbonyl (C=O) groups is 1. The van der Waals surface area contributed by atoms with Gasteiger partial charge in [-0.05, 0) is 24.5 Å². The third kappa shape index (κ3) is 2.60. The van der Waals surface area contributed by atoms with Crippen molar-refractivity contribution < 1.29 is 19.0 Å². The lowest BCUT2D eigenvalue weighted by Gasteiger charge is -2.33. The molecule has 2 heterocycles. The largest absolute Gasteiger partial charge is 0.493 e. The smallest absolute Gasteiger partial charge is 0.165 e. The van der Waals surface area contributed by atoms with Gasteiger partial charge in [0.25, 0.3) is 0 Å². The van der Waals surface area contributed by atoms with Gasteiger partial charge in [0.2, 0.25) is 0 Å². The van der Waals surface area contributed by atoms with Crippen LogP contribution in [0.1, 0.15) is 49.7 Å². The van der Waals surface area contributed by atoms with Gasteiger partial charge in [-0.2, -0.15) is 5.26 Å². The maximum absolute atomic E-state index is 11.7. The highest BCUT2D eigenvalue weighted by Gasteiger charge is 2.47. The molecular weight excluding hydrogens is 318 g/mol. The molecule has 0 atom stereocenters. The predicted molar refractivity (Wildman–Crippen MR) is 90.9 cm³/mol. The summed E-state index contributed by atoms with van der Waals surface area (Å²) in [5, 5.41) is 9.99. The molecule has 0 unspecified atom stereocenters. The first-order chi connectivity index (χ1) is 12.1. The first kappa shape index (κ1) is 16.4. The molecule has 5 nitrogen and oxygen atoms in total. The molecule has 25 heavy (non-hydrogen) atoms. The highest BCUT2D eigenvalue weighted by molar-refractivity contribution is 5.80. The molecule has 0 N–H and O–H groups in total. The van der Waals surface area contributed by atoms with Gasteiger partial charge < -0.3 is 14.2 Å². The number of ether oxygens (including phenoxy) is 3. The number of benzene rings is 1. The second-order valence-corrected chi connectivity index (χ2v) is 7.43. The summed E-state index contributed by atoms with van der Waals surface area (Å²) in [7, 11) is 1.65. The Morgan fingerprint density at radius 2 is 1.88 bits per heavy atom. The van der Waals surface area contributed by atoms with E-state index in [0.717, 1.165) is 41.9 Å². The highest BCUT2D eigenvalue weighted by Crippen LogP contribution is 2.51. The van der Waals surface area contributed by atoms with Gasteiger partial charge in [0.05, 0.1) is 31.8 Å². The van der Waals surface area contributed by atoms with Gasteiger partial charge in [0.1, 0.15) is 11.4 Å². The fraction of sp³-hybridized carbons (Fsp3) is 0.600. The Hall–Kier alpha value is -2.06. The summed E-state index contributed by atoms with van der Waals surface area (Å²) in [6, 6.07) is 6.46. The van der Waals surface area contributed by atoms with Gasteiger partial charge in [-0.1, -0.05) is 6.07 Å². The lowest BCUT2D eigenvalue weighted by molar-refractivity contribution is -0.121. The minimum Gasteiger partial charge on any atom is -0.493 e. The van der Waals surface area contributed by atoms with Crippen molar-refractivity contribution in [2.75, 3.05) is 20.3 Å². The van der Waals surface area contributed by atoms with Crippen molar-refractivity contribution in [2.24, 2.45) is 0 Å². The molecule has 1 saturated heterocycles. The second-order valence-electron chi connectivity index (χ2n) is 7.43. The normalized spacial score (nSPS) is 23.6. The fourth-order valence-corrected chi connectivity index (χ4v) is 4.50. The molecule has 2 fully saturated rings. The average Bonchev–Trinajstić information content (AvgIpc) is 3.01. The summed E-state index contributed by atoms with van der Waals surface area (Å²) in [5.74, 6) is 1.77. The molecule has 1 aromatic rings. The molecule has 1 saturated carbocycles. The fourth-order valence-electron chi connectivity index (χ4n) is 4.50. The number of rotatable bonds is 2. The van der Waals surface area contributed by atoms with Crippen molar-refractivity contribution in [3.05, 3.63) is 23.3 Å². The minimum absolute atomic E-state index is 0.245. The van der Waals surface area contributed by atoms with Crippen molar-refractivity contribution in [1.82, 2.24) is 0 Å². The van der Waals surface area contributed by atoms with E-state index in [2.05, 4.69) is 6.07 Å². The molecule has 5 heteroatoms. The van der Waals surface area contributed by atoms with E-state index in [9.17, 15) is 10.1 Å². The van der Waals surface area contributed by atoms with Gasteiger partial charge in [-0.15, -0.1) is 0 Å². The number of hydrogen-bond donors (Lipinski definition) is 0. The van der Waals surface area contributed by atoms with Gasteiger partial charge in [-0.25, -0.2) is 0 Å². The van der Waals surface area contributed by atoms with E-state index >= 15 is 0 Å².